The van der Waals surface area contributed by atoms with Gasteiger partial charge in [-0.15, -0.1) is 0 Å². The normalized spacial score (nSPS) is 22.2. The Morgan fingerprint density at radius 1 is 1.39 bits per heavy atom. The first-order chi connectivity index (χ1) is 8.59. The molecule has 0 aromatic heterocycles. The summed E-state index contributed by atoms with van der Waals surface area (Å²) in [6.07, 6.45) is 2.48. The highest BCUT2D eigenvalue weighted by molar-refractivity contribution is 6.33. The third-order valence-corrected chi connectivity index (χ3v) is 4.45. The second-order valence-electron chi connectivity index (χ2n) is 5.01. The highest BCUT2D eigenvalue weighted by Gasteiger charge is 2.23. The van der Waals surface area contributed by atoms with E-state index in [1.807, 2.05) is 18.2 Å². The van der Waals surface area contributed by atoms with Gasteiger partial charge in [0.25, 0.3) is 0 Å². The van der Waals surface area contributed by atoms with Crippen LogP contribution in [0.3, 0.4) is 0 Å². The fraction of sp³-hybridized carbons (Fsp3) is 0.571. The number of likely N-dealkylation sites (N-methyl/N-ethyl adjacent to an activating group) is 1. The van der Waals surface area contributed by atoms with Crippen molar-refractivity contribution in [2.45, 2.75) is 31.8 Å². The number of nitrogens with one attached hydrogen (secondary N) is 1. The number of piperidine rings is 1. The van der Waals surface area contributed by atoms with Gasteiger partial charge < -0.3 is 5.32 Å². The zero-order valence-corrected chi connectivity index (χ0v) is 12.4. The van der Waals surface area contributed by atoms with E-state index in [1.165, 1.54) is 12.8 Å². The lowest BCUT2D eigenvalue weighted by atomic mass is 10.0. The average molecular weight is 287 g/mol. The quantitative estimate of drug-likeness (QED) is 0.911. The molecule has 0 amide bonds. The van der Waals surface area contributed by atoms with Crippen LogP contribution in [0.5, 0.6) is 0 Å². The monoisotopic (exact) mass is 286 g/mol. The lowest BCUT2D eigenvalue weighted by molar-refractivity contribution is 0.156. The van der Waals surface area contributed by atoms with E-state index in [0.29, 0.717) is 6.04 Å². The SMILES string of the molecule is CC(c1cc(Cl)ccc1Cl)N(C)C1CCCNC1. The number of halogens is 2. The minimum Gasteiger partial charge on any atom is -0.315 e. The molecule has 2 nitrogen and oxygen atoms in total. The van der Waals surface area contributed by atoms with Gasteiger partial charge >= 0.3 is 0 Å². The van der Waals surface area contributed by atoms with Crippen molar-refractivity contribution >= 4 is 23.2 Å². The van der Waals surface area contributed by atoms with E-state index in [2.05, 4.69) is 24.2 Å². The van der Waals surface area contributed by atoms with Gasteiger partial charge in [0.2, 0.25) is 0 Å². The maximum Gasteiger partial charge on any atom is 0.0454 e. The molecule has 4 heteroatoms. The standard InChI is InChI=1S/C14H20Cl2N2/c1-10(13-8-11(15)5-6-14(13)16)18(2)12-4-3-7-17-9-12/h5-6,8,10,12,17H,3-4,7,9H2,1-2H3. The zero-order chi connectivity index (χ0) is 13.1. The van der Waals surface area contributed by atoms with Gasteiger partial charge in [-0.2, -0.15) is 0 Å². The van der Waals surface area contributed by atoms with E-state index in [9.17, 15) is 0 Å². The van der Waals surface area contributed by atoms with Crippen molar-refractivity contribution in [3.05, 3.63) is 33.8 Å². The lowest BCUT2D eigenvalue weighted by Crippen LogP contribution is -2.45. The first kappa shape index (κ1) is 14.1. The number of rotatable bonds is 3. The van der Waals surface area contributed by atoms with E-state index >= 15 is 0 Å². The molecule has 0 aliphatic carbocycles. The van der Waals surface area contributed by atoms with Crippen LogP contribution in [-0.2, 0) is 0 Å². The number of benzene rings is 1. The Morgan fingerprint density at radius 3 is 2.83 bits per heavy atom. The van der Waals surface area contributed by atoms with Crippen molar-refractivity contribution in [1.82, 2.24) is 10.2 Å². The summed E-state index contributed by atoms with van der Waals surface area (Å²) in [4.78, 5) is 2.39. The summed E-state index contributed by atoms with van der Waals surface area (Å²) in [6.45, 7) is 4.38. The molecule has 0 radical (unpaired) electrons. The maximum absolute atomic E-state index is 6.27. The Labute approximate surface area is 119 Å². The molecule has 1 fully saturated rings. The predicted octanol–water partition coefficient (Wildman–Crippen LogP) is 3.74. The van der Waals surface area contributed by atoms with E-state index in [4.69, 9.17) is 23.2 Å². The third kappa shape index (κ3) is 3.18. The van der Waals surface area contributed by atoms with Gasteiger partial charge in [-0.25, -0.2) is 0 Å². The summed E-state index contributed by atoms with van der Waals surface area (Å²) >= 11 is 12.3. The molecule has 0 saturated carbocycles. The highest BCUT2D eigenvalue weighted by Crippen LogP contribution is 2.31. The summed E-state index contributed by atoms with van der Waals surface area (Å²) in [6, 6.07) is 6.54. The van der Waals surface area contributed by atoms with Crippen LogP contribution in [0.15, 0.2) is 18.2 Å². The fourth-order valence-electron chi connectivity index (χ4n) is 2.55. The topological polar surface area (TPSA) is 15.3 Å². The van der Waals surface area contributed by atoms with Gasteiger partial charge in [-0.05, 0) is 57.1 Å². The molecular formula is C14H20Cl2N2. The van der Waals surface area contributed by atoms with E-state index in [-0.39, 0.29) is 6.04 Å². The summed E-state index contributed by atoms with van der Waals surface area (Å²) in [5, 5.41) is 4.99. The molecule has 2 unspecified atom stereocenters. The first-order valence-electron chi connectivity index (χ1n) is 6.47. The summed E-state index contributed by atoms with van der Waals surface area (Å²) in [5.74, 6) is 0. The van der Waals surface area contributed by atoms with Crippen molar-refractivity contribution in [2.75, 3.05) is 20.1 Å². The van der Waals surface area contributed by atoms with Crippen LogP contribution in [-0.4, -0.2) is 31.1 Å². The second kappa shape index (κ2) is 6.25. The van der Waals surface area contributed by atoms with Crippen LogP contribution >= 0.6 is 23.2 Å². The van der Waals surface area contributed by atoms with E-state index in [0.717, 1.165) is 28.7 Å². The van der Waals surface area contributed by atoms with Crippen molar-refractivity contribution in [2.24, 2.45) is 0 Å². The van der Waals surface area contributed by atoms with Gasteiger partial charge in [0.05, 0.1) is 0 Å². The van der Waals surface area contributed by atoms with Crippen LogP contribution in [0, 0.1) is 0 Å². The van der Waals surface area contributed by atoms with E-state index in [1.54, 1.807) is 0 Å². The number of hydrogen-bond acceptors (Lipinski definition) is 2. The van der Waals surface area contributed by atoms with Crippen LogP contribution < -0.4 is 5.32 Å². The fourth-order valence-corrected chi connectivity index (χ4v) is 3.01. The minimum absolute atomic E-state index is 0.279. The van der Waals surface area contributed by atoms with Crippen molar-refractivity contribution in [1.29, 1.82) is 0 Å². The Hall–Kier alpha value is -0.280. The van der Waals surface area contributed by atoms with Crippen LogP contribution in [0.4, 0.5) is 0 Å². The molecule has 1 heterocycles. The van der Waals surface area contributed by atoms with Crippen molar-refractivity contribution in [3.63, 3.8) is 0 Å². The molecule has 1 aliphatic heterocycles. The minimum atomic E-state index is 0.279. The van der Waals surface area contributed by atoms with Gasteiger partial charge in [0, 0.05) is 28.7 Å². The van der Waals surface area contributed by atoms with E-state index < -0.39 is 0 Å². The molecule has 1 aromatic rings. The molecule has 1 N–H and O–H groups in total. The molecule has 18 heavy (non-hydrogen) atoms. The van der Waals surface area contributed by atoms with Crippen LogP contribution in [0.2, 0.25) is 10.0 Å². The highest BCUT2D eigenvalue weighted by atomic mass is 35.5. The molecule has 0 bridgehead atoms. The van der Waals surface area contributed by atoms with Gasteiger partial charge in [-0.1, -0.05) is 23.2 Å². The second-order valence-corrected chi connectivity index (χ2v) is 5.85. The van der Waals surface area contributed by atoms with Crippen molar-refractivity contribution in [3.8, 4) is 0 Å². The maximum atomic E-state index is 6.27. The Morgan fingerprint density at radius 2 is 2.17 bits per heavy atom. The largest absolute Gasteiger partial charge is 0.315 e. The first-order valence-corrected chi connectivity index (χ1v) is 7.23. The summed E-state index contributed by atoms with van der Waals surface area (Å²) in [7, 11) is 2.17. The smallest absolute Gasteiger partial charge is 0.0454 e. The summed E-state index contributed by atoms with van der Waals surface area (Å²) in [5.41, 5.74) is 1.11. The Kier molecular flexibility index (Phi) is 4.91. The Bertz CT molecular complexity index is 403. The number of hydrogen-bond donors (Lipinski definition) is 1. The summed E-state index contributed by atoms with van der Waals surface area (Å²) < 4.78 is 0. The molecule has 100 valence electrons. The molecule has 2 rings (SSSR count). The average Bonchev–Trinajstić information content (AvgIpc) is 2.41. The Balaban J connectivity index is 2.13. The molecule has 1 aliphatic rings. The molecule has 1 saturated heterocycles. The third-order valence-electron chi connectivity index (χ3n) is 3.87. The van der Waals surface area contributed by atoms with Gasteiger partial charge in [0.15, 0.2) is 0 Å². The van der Waals surface area contributed by atoms with Gasteiger partial charge in [0.1, 0.15) is 0 Å². The lowest BCUT2D eigenvalue weighted by Gasteiger charge is -2.36. The molecule has 1 aromatic carbocycles. The van der Waals surface area contributed by atoms with Crippen LogP contribution in [0.1, 0.15) is 31.4 Å². The predicted molar refractivity (Wildman–Crippen MR) is 78.5 cm³/mol. The van der Waals surface area contributed by atoms with Crippen LogP contribution in [0.25, 0.3) is 0 Å². The van der Waals surface area contributed by atoms with Crippen molar-refractivity contribution < 1.29 is 0 Å². The molecular weight excluding hydrogens is 267 g/mol. The number of nitrogens with zero attached hydrogens (tertiary/aromatic N) is 1. The molecule has 2 atom stereocenters. The zero-order valence-electron chi connectivity index (χ0n) is 10.9. The van der Waals surface area contributed by atoms with Gasteiger partial charge in [-0.3, -0.25) is 4.90 Å². The molecule has 0 spiro atoms.